The highest BCUT2D eigenvalue weighted by Crippen LogP contribution is 2.00. The lowest BCUT2D eigenvalue weighted by Gasteiger charge is -2.08. The smallest absolute Gasteiger partial charge is 0.147 e. The van der Waals surface area contributed by atoms with Crippen LogP contribution in [0.25, 0.3) is 0 Å². The SMILES string of the molecule is C=CC(C=C(C)C)OCOC. The van der Waals surface area contributed by atoms with Crippen LogP contribution in [0.1, 0.15) is 13.8 Å². The molecule has 0 aliphatic heterocycles. The lowest BCUT2D eigenvalue weighted by atomic mass is 10.2. The largest absolute Gasteiger partial charge is 0.359 e. The van der Waals surface area contributed by atoms with E-state index in [2.05, 4.69) is 6.58 Å². The van der Waals surface area contributed by atoms with Crippen LogP contribution in [-0.4, -0.2) is 20.0 Å². The molecule has 0 heterocycles. The first-order chi connectivity index (χ1) is 5.20. The molecule has 0 spiro atoms. The minimum atomic E-state index is -0.0278. The molecule has 0 aliphatic rings. The average molecular weight is 156 g/mol. The highest BCUT2D eigenvalue weighted by atomic mass is 16.7. The zero-order valence-electron chi connectivity index (χ0n) is 7.46. The molecule has 0 aromatic carbocycles. The Balaban J connectivity index is 3.76. The van der Waals surface area contributed by atoms with Gasteiger partial charge in [-0.1, -0.05) is 17.7 Å². The monoisotopic (exact) mass is 156 g/mol. The first-order valence-electron chi connectivity index (χ1n) is 3.58. The van der Waals surface area contributed by atoms with Crippen molar-refractivity contribution in [2.45, 2.75) is 20.0 Å². The average Bonchev–Trinajstić information content (AvgIpc) is 1.97. The summed E-state index contributed by atoms with van der Waals surface area (Å²) in [4.78, 5) is 0. The van der Waals surface area contributed by atoms with E-state index in [1.54, 1.807) is 13.2 Å². The summed E-state index contributed by atoms with van der Waals surface area (Å²) in [6, 6.07) is 0. The van der Waals surface area contributed by atoms with Crippen molar-refractivity contribution in [3.8, 4) is 0 Å². The first-order valence-corrected chi connectivity index (χ1v) is 3.58. The van der Waals surface area contributed by atoms with E-state index in [0.717, 1.165) is 0 Å². The number of hydrogen-bond donors (Lipinski definition) is 0. The summed E-state index contributed by atoms with van der Waals surface area (Å²) in [5, 5.41) is 0. The van der Waals surface area contributed by atoms with Crippen LogP contribution >= 0.6 is 0 Å². The zero-order chi connectivity index (χ0) is 8.69. The Kier molecular flexibility index (Phi) is 5.80. The summed E-state index contributed by atoms with van der Waals surface area (Å²) < 4.78 is 9.99. The Hall–Kier alpha value is -0.600. The molecule has 64 valence electrons. The van der Waals surface area contributed by atoms with Gasteiger partial charge in [0.1, 0.15) is 6.79 Å². The van der Waals surface area contributed by atoms with Gasteiger partial charge in [-0.2, -0.15) is 0 Å². The maximum Gasteiger partial charge on any atom is 0.147 e. The molecule has 0 aliphatic carbocycles. The molecule has 1 atom stereocenters. The summed E-state index contributed by atoms with van der Waals surface area (Å²) in [6.07, 6.45) is 3.71. The van der Waals surface area contributed by atoms with E-state index in [1.165, 1.54) is 5.57 Å². The van der Waals surface area contributed by atoms with Crippen LogP contribution in [0.4, 0.5) is 0 Å². The highest BCUT2D eigenvalue weighted by Gasteiger charge is 1.97. The van der Waals surface area contributed by atoms with Gasteiger partial charge in [-0.3, -0.25) is 0 Å². The summed E-state index contributed by atoms with van der Waals surface area (Å²) in [5.41, 5.74) is 1.21. The van der Waals surface area contributed by atoms with E-state index in [-0.39, 0.29) is 6.10 Å². The molecule has 0 N–H and O–H groups in total. The maximum absolute atomic E-state index is 5.23. The Labute approximate surface area is 68.5 Å². The van der Waals surface area contributed by atoms with Crippen molar-refractivity contribution in [2.24, 2.45) is 0 Å². The van der Waals surface area contributed by atoms with Gasteiger partial charge >= 0.3 is 0 Å². The zero-order valence-corrected chi connectivity index (χ0v) is 7.46. The topological polar surface area (TPSA) is 18.5 Å². The first kappa shape index (κ1) is 10.4. The van der Waals surface area contributed by atoms with Gasteiger partial charge in [0.2, 0.25) is 0 Å². The summed E-state index contributed by atoms with van der Waals surface area (Å²) in [5.74, 6) is 0. The maximum atomic E-state index is 5.23. The predicted octanol–water partition coefficient (Wildman–Crippen LogP) is 2.13. The van der Waals surface area contributed by atoms with E-state index in [1.807, 2.05) is 19.9 Å². The van der Waals surface area contributed by atoms with Crippen LogP contribution in [0.5, 0.6) is 0 Å². The van der Waals surface area contributed by atoms with Crippen LogP contribution < -0.4 is 0 Å². The van der Waals surface area contributed by atoms with Gasteiger partial charge in [0.25, 0.3) is 0 Å². The Bertz CT molecular complexity index is 134. The lowest BCUT2D eigenvalue weighted by Crippen LogP contribution is -2.08. The molecule has 1 unspecified atom stereocenters. The van der Waals surface area contributed by atoms with Crippen molar-refractivity contribution in [3.63, 3.8) is 0 Å². The number of methoxy groups -OCH3 is 1. The molecule has 0 saturated heterocycles. The second-order valence-electron chi connectivity index (χ2n) is 2.52. The quantitative estimate of drug-likeness (QED) is 0.448. The third-order valence-corrected chi connectivity index (χ3v) is 1.11. The van der Waals surface area contributed by atoms with Crippen LogP contribution in [-0.2, 0) is 9.47 Å². The number of ether oxygens (including phenoxy) is 2. The third kappa shape index (κ3) is 5.83. The molecule has 0 saturated carbocycles. The fraction of sp³-hybridized carbons (Fsp3) is 0.556. The van der Waals surface area contributed by atoms with Gasteiger partial charge in [0.15, 0.2) is 0 Å². The summed E-state index contributed by atoms with van der Waals surface area (Å²) in [6.45, 7) is 7.99. The van der Waals surface area contributed by atoms with Crippen molar-refractivity contribution in [1.29, 1.82) is 0 Å². The fourth-order valence-corrected chi connectivity index (χ4v) is 0.659. The van der Waals surface area contributed by atoms with Gasteiger partial charge in [-0.05, 0) is 13.8 Å². The molecular weight excluding hydrogens is 140 g/mol. The minimum absolute atomic E-state index is 0.0278. The van der Waals surface area contributed by atoms with E-state index >= 15 is 0 Å². The van der Waals surface area contributed by atoms with Crippen molar-refractivity contribution < 1.29 is 9.47 Å². The van der Waals surface area contributed by atoms with Gasteiger partial charge in [0.05, 0.1) is 6.10 Å². The van der Waals surface area contributed by atoms with Crippen molar-refractivity contribution >= 4 is 0 Å². The minimum Gasteiger partial charge on any atom is -0.359 e. The molecule has 0 bridgehead atoms. The Morgan fingerprint density at radius 1 is 1.55 bits per heavy atom. The summed E-state index contributed by atoms with van der Waals surface area (Å²) >= 11 is 0. The van der Waals surface area contributed by atoms with Crippen LogP contribution in [0.3, 0.4) is 0 Å². The normalized spacial score (nSPS) is 12.3. The van der Waals surface area contributed by atoms with Crippen LogP contribution in [0.2, 0.25) is 0 Å². The molecule has 0 radical (unpaired) electrons. The number of hydrogen-bond acceptors (Lipinski definition) is 2. The Morgan fingerprint density at radius 3 is 2.55 bits per heavy atom. The van der Waals surface area contributed by atoms with E-state index < -0.39 is 0 Å². The van der Waals surface area contributed by atoms with Gasteiger partial charge in [-0.25, -0.2) is 0 Å². The number of rotatable bonds is 5. The molecule has 2 nitrogen and oxygen atoms in total. The number of allylic oxidation sites excluding steroid dienone is 1. The standard InChI is InChI=1S/C9H16O2/c1-5-9(6-8(2)3)11-7-10-4/h5-6,9H,1,7H2,2-4H3. The van der Waals surface area contributed by atoms with Gasteiger partial charge < -0.3 is 9.47 Å². The molecule has 2 heteroatoms. The fourth-order valence-electron chi connectivity index (χ4n) is 0.659. The van der Waals surface area contributed by atoms with E-state index in [0.29, 0.717) is 6.79 Å². The van der Waals surface area contributed by atoms with Gasteiger partial charge in [-0.15, -0.1) is 6.58 Å². The lowest BCUT2D eigenvalue weighted by molar-refractivity contribution is -0.0411. The molecule has 0 amide bonds. The van der Waals surface area contributed by atoms with E-state index in [9.17, 15) is 0 Å². The molecule has 0 aromatic heterocycles. The van der Waals surface area contributed by atoms with Crippen molar-refractivity contribution in [3.05, 3.63) is 24.3 Å². The molecular formula is C9H16O2. The van der Waals surface area contributed by atoms with Crippen molar-refractivity contribution in [1.82, 2.24) is 0 Å². The molecule has 0 aromatic rings. The van der Waals surface area contributed by atoms with Crippen molar-refractivity contribution in [2.75, 3.05) is 13.9 Å². The molecule has 11 heavy (non-hydrogen) atoms. The highest BCUT2D eigenvalue weighted by molar-refractivity contribution is 5.04. The molecule has 0 rings (SSSR count). The Morgan fingerprint density at radius 2 is 2.18 bits per heavy atom. The van der Waals surface area contributed by atoms with Crippen LogP contribution in [0, 0.1) is 0 Å². The second-order valence-corrected chi connectivity index (χ2v) is 2.52. The third-order valence-electron chi connectivity index (χ3n) is 1.11. The second kappa shape index (κ2) is 6.13. The summed E-state index contributed by atoms with van der Waals surface area (Å²) in [7, 11) is 1.60. The van der Waals surface area contributed by atoms with E-state index in [4.69, 9.17) is 9.47 Å². The predicted molar refractivity (Wildman–Crippen MR) is 46.4 cm³/mol. The van der Waals surface area contributed by atoms with Gasteiger partial charge in [0, 0.05) is 7.11 Å². The molecule has 0 fully saturated rings. The van der Waals surface area contributed by atoms with Crippen LogP contribution in [0.15, 0.2) is 24.3 Å².